The average Bonchev–Trinajstić information content (AvgIpc) is 2.85. The summed E-state index contributed by atoms with van der Waals surface area (Å²) in [5.74, 6) is -1.47. The summed E-state index contributed by atoms with van der Waals surface area (Å²) in [6.45, 7) is 1.89. The molecule has 0 aliphatic heterocycles. The Morgan fingerprint density at radius 1 is 1.40 bits per heavy atom. The predicted molar refractivity (Wildman–Crippen MR) is 68.5 cm³/mol. The Balaban J connectivity index is 2.10. The third-order valence-corrected chi connectivity index (χ3v) is 2.52. The fourth-order valence-electron chi connectivity index (χ4n) is 1.60. The molecule has 1 N–H and O–H groups in total. The quantitative estimate of drug-likeness (QED) is 0.875. The second-order valence-corrected chi connectivity index (χ2v) is 4.02. The molecule has 104 valence electrons. The van der Waals surface area contributed by atoms with Crippen LogP contribution in [0.4, 0.5) is 8.78 Å². The highest BCUT2D eigenvalue weighted by atomic mass is 19.1. The molecule has 0 aliphatic carbocycles. The fraction of sp³-hybridized carbons (Fsp3) is 0.143. The van der Waals surface area contributed by atoms with Gasteiger partial charge in [-0.25, -0.2) is 8.78 Å². The Morgan fingerprint density at radius 2 is 2.20 bits per heavy atom. The lowest BCUT2D eigenvalue weighted by Gasteiger charge is -1.97. The molecule has 6 heteroatoms. The Hall–Kier alpha value is -2.50. The molecule has 4 nitrogen and oxygen atoms in total. The number of nitrogens with zero attached hydrogens (tertiary/aromatic N) is 1. The topological polar surface area (TPSA) is 55.1 Å². The monoisotopic (exact) mass is 278 g/mol. The number of rotatable bonds is 4. The van der Waals surface area contributed by atoms with Gasteiger partial charge in [0.1, 0.15) is 17.3 Å². The summed E-state index contributed by atoms with van der Waals surface area (Å²) in [7, 11) is 0. The lowest BCUT2D eigenvalue weighted by atomic mass is 10.1. The van der Waals surface area contributed by atoms with Crippen LogP contribution in [-0.2, 0) is 11.3 Å². The van der Waals surface area contributed by atoms with Crippen molar-refractivity contribution in [3.8, 4) is 11.3 Å². The van der Waals surface area contributed by atoms with E-state index < -0.39 is 11.6 Å². The normalized spacial score (nSPS) is 10.9. The van der Waals surface area contributed by atoms with Crippen LogP contribution < -0.4 is 5.32 Å². The van der Waals surface area contributed by atoms with E-state index in [4.69, 9.17) is 4.52 Å². The zero-order chi connectivity index (χ0) is 14.5. The largest absolute Gasteiger partial charge is 0.356 e. The molecule has 0 bridgehead atoms. The van der Waals surface area contributed by atoms with E-state index in [1.165, 1.54) is 18.2 Å². The van der Waals surface area contributed by atoms with Gasteiger partial charge < -0.3 is 9.84 Å². The first kappa shape index (κ1) is 13.9. The molecule has 1 heterocycles. The molecule has 0 spiro atoms. The van der Waals surface area contributed by atoms with Crippen LogP contribution in [0.3, 0.4) is 0 Å². The molecule has 0 unspecified atom stereocenters. The molecule has 0 saturated heterocycles. The van der Waals surface area contributed by atoms with E-state index in [9.17, 15) is 13.6 Å². The molecule has 2 aromatic rings. The van der Waals surface area contributed by atoms with Crippen molar-refractivity contribution in [2.24, 2.45) is 0 Å². The molecule has 0 atom stereocenters. The molecule has 1 aromatic heterocycles. The Labute approximate surface area is 114 Å². The van der Waals surface area contributed by atoms with E-state index in [0.717, 1.165) is 12.1 Å². The van der Waals surface area contributed by atoms with Crippen molar-refractivity contribution in [2.75, 3.05) is 0 Å². The van der Waals surface area contributed by atoms with Crippen molar-refractivity contribution in [2.45, 2.75) is 13.5 Å². The third kappa shape index (κ3) is 3.28. The van der Waals surface area contributed by atoms with E-state index in [2.05, 4.69) is 10.5 Å². The number of hydrogen-bond acceptors (Lipinski definition) is 3. The third-order valence-electron chi connectivity index (χ3n) is 2.52. The van der Waals surface area contributed by atoms with E-state index in [1.54, 1.807) is 13.0 Å². The molecule has 0 radical (unpaired) electrons. The van der Waals surface area contributed by atoms with Crippen LogP contribution in [0.1, 0.15) is 12.6 Å². The maximum Gasteiger partial charge on any atom is 0.243 e. The number of carbonyl (C=O) groups excluding carboxylic acids is 1. The molecule has 0 fully saturated rings. The Morgan fingerprint density at radius 3 is 2.90 bits per heavy atom. The second-order valence-electron chi connectivity index (χ2n) is 4.02. The Bertz CT molecular complexity index is 650. The summed E-state index contributed by atoms with van der Waals surface area (Å²) in [6.07, 6.45) is 2.98. The summed E-state index contributed by atoms with van der Waals surface area (Å²) >= 11 is 0. The maximum absolute atomic E-state index is 13.6. The van der Waals surface area contributed by atoms with Gasteiger partial charge in [-0.1, -0.05) is 11.2 Å². The summed E-state index contributed by atoms with van der Waals surface area (Å²) < 4.78 is 31.3. The molecule has 0 aliphatic rings. The average molecular weight is 278 g/mol. The van der Waals surface area contributed by atoms with Gasteiger partial charge in [0.25, 0.3) is 0 Å². The zero-order valence-corrected chi connectivity index (χ0v) is 10.7. The molecule has 1 amide bonds. The standard InChI is InChI=1S/C14H12F2N2O2/c1-2-3-14(19)17-8-10-7-13(20-18-10)11-5-4-9(15)6-12(11)16/h2-7H,8H2,1H3,(H,17,19)/b3-2-. The first-order chi connectivity index (χ1) is 9.60. The highest BCUT2D eigenvalue weighted by molar-refractivity contribution is 5.87. The second kappa shape index (κ2) is 6.10. The lowest BCUT2D eigenvalue weighted by Crippen LogP contribution is -2.20. The van der Waals surface area contributed by atoms with Crippen molar-refractivity contribution < 1.29 is 18.1 Å². The van der Waals surface area contributed by atoms with E-state index in [-0.39, 0.29) is 23.8 Å². The van der Waals surface area contributed by atoms with Crippen molar-refractivity contribution in [1.29, 1.82) is 0 Å². The number of nitrogens with one attached hydrogen (secondary N) is 1. The van der Waals surface area contributed by atoms with Crippen LogP contribution in [0.2, 0.25) is 0 Å². The summed E-state index contributed by atoms with van der Waals surface area (Å²) in [6, 6.07) is 4.67. The zero-order valence-electron chi connectivity index (χ0n) is 10.7. The van der Waals surface area contributed by atoms with Crippen LogP contribution in [0, 0.1) is 11.6 Å². The van der Waals surface area contributed by atoms with Crippen molar-refractivity contribution in [3.63, 3.8) is 0 Å². The van der Waals surface area contributed by atoms with Crippen molar-refractivity contribution in [1.82, 2.24) is 10.5 Å². The van der Waals surface area contributed by atoms with Crippen LogP contribution in [0.15, 0.2) is 40.9 Å². The number of amides is 1. The van der Waals surface area contributed by atoms with Gasteiger partial charge in [-0.05, 0) is 25.1 Å². The minimum atomic E-state index is -0.731. The van der Waals surface area contributed by atoms with E-state index >= 15 is 0 Å². The minimum Gasteiger partial charge on any atom is -0.356 e. The smallest absolute Gasteiger partial charge is 0.243 e. The van der Waals surface area contributed by atoms with Gasteiger partial charge >= 0.3 is 0 Å². The van der Waals surface area contributed by atoms with Gasteiger partial charge in [-0.15, -0.1) is 0 Å². The molecule has 0 saturated carbocycles. The Kier molecular flexibility index (Phi) is 4.24. The van der Waals surface area contributed by atoms with Gasteiger partial charge in [0.15, 0.2) is 5.76 Å². The lowest BCUT2D eigenvalue weighted by molar-refractivity contribution is -0.116. The fourth-order valence-corrected chi connectivity index (χ4v) is 1.60. The van der Waals surface area contributed by atoms with Gasteiger partial charge in [0, 0.05) is 12.1 Å². The number of aromatic nitrogens is 1. The number of halogens is 2. The SMILES string of the molecule is C/C=C\C(=O)NCc1cc(-c2ccc(F)cc2F)on1. The van der Waals surface area contributed by atoms with Gasteiger partial charge in [0.05, 0.1) is 12.1 Å². The molecule has 20 heavy (non-hydrogen) atoms. The first-order valence-electron chi connectivity index (χ1n) is 5.91. The molecular weight excluding hydrogens is 266 g/mol. The maximum atomic E-state index is 13.6. The van der Waals surface area contributed by atoms with Crippen LogP contribution >= 0.6 is 0 Å². The van der Waals surface area contributed by atoms with Crippen molar-refractivity contribution in [3.05, 3.63) is 53.7 Å². The number of benzene rings is 1. The summed E-state index contributed by atoms with van der Waals surface area (Å²) in [5, 5.41) is 6.30. The van der Waals surface area contributed by atoms with Gasteiger partial charge in [0.2, 0.25) is 5.91 Å². The molecule has 1 aromatic carbocycles. The van der Waals surface area contributed by atoms with Crippen LogP contribution in [-0.4, -0.2) is 11.1 Å². The highest BCUT2D eigenvalue weighted by Gasteiger charge is 2.12. The van der Waals surface area contributed by atoms with Crippen LogP contribution in [0.5, 0.6) is 0 Å². The van der Waals surface area contributed by atoms with E-state index in [0.29, 0.717) is 5.69 Å². The van der Waals surface area contributed by atoms with Crippen LogP contribution in [0.25, 0.3) is 11.3 Å². The molecule has 2 rings (SSSR count). The van der Waals surface area contributed by atoms with Gasteiger partial charge in [-0.2, -0.15) is 0 Å². The number of allylic oxidation sites excluding steroid dienone is 1. The number of carbonyl (C=O) groups is 1. The summed E-state index contributed by atoms with van der Waals surface area (Å²) in [4.78, 5) is 11.2. The molecular formula is C14H12F2N2O2. The first-order valence-corrected chi connectivity index (χ1v) is 5.91. The highest BCUT2D eigenvalue weighted by Crippen LogP contribution is 2.24. The van der Waals surface area contributed by atoms with Crippen molar-refractivity contribution >= 4 is 5.91 Å². The van der Waals surface area contributed by atoms with Gasteiger partial charge in [-0.3, -0.25) is 4.79 Å². The predicted octanol–water partition coefficient (Wildman–Crippen LogP) is 2.81. The summed E-state index contributed by atoms with van der Waals surface area (Å²) in [5.41, 5.74) is 0.562. The minimum absolute atomic E-state index is 0.116. The number of hydrogen-bond donors (Lipinski definition) is 1. The van der Waals surface area contributed by atoms with E-state index in [1.807, 2.05) is 0 Å².